The van der Waals surface area contributed by atoms with Gasteiger partial charge in [-0.05, 0) is 24.6 Å². The van der Waals surface area contributed by atoms with Crippen LogP contribution in [0.3, 0.4) is 0 Å². The minimum Gasteiger partial charge on any atom is -0.309 e. The highest BCUT2D eigenvalue weighted by Gasteiger charge is 2.33. The summed E-state index contributed by atoms with van der Waals surface area (Å²) in [6, 6.07) is 6.58. The van der Waals surface area contributed by atoms with Crippen molar-refractivity contribution in [2.75, 3.05) is 18.1 Å². The van der Waals surface area contributed by atoms with Crippen molar-refractivity contribution >= 4 is 19.9 Å². The molecule has 106 valence electrons. The van der Waals surface area contributed by atoms with E-state index in [4.69, 9.17) is 5.14 Å². The van der Waals surface area contributed by atoms with E-state index < -0.39 is 19.9 Å². The van der Waals surface area contributed by atoms with Crippen LogP contribution in [0.4, 0.5) is 0 Å². The second-order valence-electron chi connectivity index (χ2n) is 4.55. The highest BCUT2D eigenvalue weighted by Crippen LogP contribution is 2.32. The number of nitrogens with two attached hydrogens (primary N) is 1. The Kier molecular flexibility index (Phi) is 3.95. The van der Waals surface area contributed by atoms with Crippen LogP contribution in [-0.4, -0.2) is 34.9 Å². The van der Waals surface area contributed by atoms with Crippen LogP contribution >= 0.6 is 0 Å². The predicted molar refractivity (Wildman–Crippen MR) is 71.8 cm³/mol. The summed E-state index contributed by atoms with van der Waals surface area (Å²) in [6.45, 7) is 0.408. The Hall–Kier alpha value is -0.960. The molecular weight excluding hydrogens is 288 g/mol. The number of hydrogen-bond donors (Lipinski definition) is 2. The van der Waals surface area contributed by atoms with Gasteiger partial charge in [0.05, 0.1) is 16.4 Å². The zero-order valence-electron chi connectivity index (χ0n) is 10.2. The summed E-state index contributed by atoms with van der Waals surface area (Å²) in [4.78, 5) is 0.360. The summed E-state index contributed by atoms with van der Waals surface area (Å²) < 4.78 is 45.4. The number of rotatable bonds is 5. The lowest BCUT2D eigenvalue weighted by Crippen LogP contribution is -2.26. The molecule has 0 aromatic heterocycles. The molecule has 8 heteroatoms. The van der Waals surface area contributed by atoms with Crippen molar-refractivity contribution in [3.8, 4) is 0 Å². The molecular formula is C11H16N2O4S2. The van der Waals surface area contributed by atoms with Crippen LogP contribution in [0.1, 0.15) is 18.0 Å². The molecule has 1 heterocycles. The first-order valence-corrected chi connectivity index (χ1v) is 9.22. The van der Waals surface area contributed by atoms with Gasteiger partial charge in [-0.25, -0.2) is 22.0 Å². The maximum absolute atomic E-state index is 11.9. The second-order valence-corrected chi connectivity index (χ2v) is 8.28. The van der Waals surface area contributed by atoms with Crippen molar-refractivity contribution in [3.05, 3.63) is 29.8 Å². The topological polar surface area (TPSA) is 106 Å². The highest BCUT2D eigenvalue weighted by molar-refractivity contribution is 7.91. The molecule has 1 atom stereocenters. The maximum atomic E-state index is 11.9. The summed E-state index contributed by atoms with van der Waals surface area (Å²) in [5, 5.41) is 7.96. The Balaban J connectivity index is 2.01. The molecule has 3 N–H and O–H groups in total. The van der Waals surface area contributed by atoms with E-state index in [0.29, 0.717) is 17.9 Å². The van der Waals surface area contributed by atoms with E-state index in [2.05, 4.69) is 5.32 Å². The lowest BCUT2D eigenvalue weighted by molar-refractivity contribution is 0.557. The fraction of sp³-hybridized carbons (Fsp3) is 0.455. The molecule has 0 saturated heterocycles. The third-order valence-electron chi connectivity index (χ3n) is 3.01. The molecule has 1 aromatic rings. The molecule has 0 spiro atoms. The van der Waals surface area contributed by atoms with E-state index in [1.807, 2.05) is 0 Å². The third kappa shape index (κ3) is 3.53. The van der Waals surface area contributed by atoms with Gasteiger partial charge in [0.1, 0.15) is 0 Å². The zero-order chi connectivity index (χ0) is 14.1. The number of sulfone groups is 1. The number of fused-ring (bicyclic) bond motifs is 1. The smallest absolute Gasteiger partial charge is 0.209 e. The largest absolute Gasteiger partial charge is 0.309 e. The van der Waals surface area contributed by atoms with Gasteiger partial charge in [-0.15, -0.1) is 0 Å². The average molecular weight is 304 g/mol. The van der Waals surface area contributed by atoms with E-state index in [1.165, 1.54) is 0 Å². The first kappa shape index (κ1) is 14.4. The number of sulfonamides is 1. The average Bonchev–Trinajstić information content (AvgIpc) is 2.57. The Bertz CT molecular complexity index is 668. The molecule has 1 unspecified atom stereocenters. The number of benzene rings is 1. The Morgan fingerprint density at radius 1 is 1.32 bits per heavy atom. The molecule has 0 radical (unpaired) electrons. The SMILES string of the molecule is NS(=O)(=O)CCCNC1CS(=O)(=O)c2ccccc21. The van der Waals surface area contributed by atoms with E-state index in [0.717, 1.165) is 5.56 Å². The van der Waals surface area contributed by atoms with Crippen LogP contribution in [0.25, 0.3) is 0 Å². The van der Waals surface area contributed by atoms with Gasteiger partial charge in [-0.1, -0.05) is 18.2 Å². The molecule has 1 aliphatic rings. The molecule has 1 aromatic carbocycles. The lowest BCUT2D eigenvalue weighted by Gasteiger charge is -2.11. The van der Waals surface area contributed by atoms with Crippen LogP contribution in [0.2, 0.25) is 0 Å². The molecule has 1 aliphatic heterocycles. The first-order valence-electron chi connectivity index (χ1n) is 5.85. The lowest BCUT2D eigenvalue weighted by atomic mass is 10.1. The Morgan fingerprint density at radius 2 is 2.00 bits per heavy atom. The van der Waals surface area contributed by atoms with E-state index in [9.17, 15) is 16.8 Å². The van der Waals surface area contributed by atoms with E-state index >= 15 is 0 Å². The first-order chi connectivity index (χ1) is 8.80. The fourth-order valence-corrected chi connectivity index (χ4v) is 4.49. The maximum Gasteiger partial charge on any atom is 0.209 e. The van der Waals surface area contributed by atoms with Crippen LogP contribution in [0.5, 0.6) is 0 Å². The van der Waals surface area contributed by atoms with Crippen molar-refractivity contribution < 1.29 is 16.8 Å². The minimum atomic E-state index is -3.46. The van der Waals surface area contributed by atoms with Gasteiger partial charge in [0.2, 0.25) is 10.0 Å². The molecule has 6 nitrogen and oxygen atoms in total. The van der Waals surface area contributed by atoms with Gasteiger partial charge in [0, 0.05) is 6.04 Å². The van der Waals surface area contributed by atoms with Crippen molar-refractivity contribution in [1.29, 1.82) is 0 Å². The monoisotopic (exact) mass is 304 g/mol. The Labute approximate surface area is 113 Å². The van der Waals surface area contributed by atoms with Crippen LogP contribution in [0.15, 0.2) is 29.2 Å². The van der Waals surface area contributed by atoms with Gasteiger partial charge in [-0.2, -0.15) is 0 Å². The normalized spacial score (nSPS) is 21.2. The molecule has 2 rings (SSSR count). The quantitative estimate of drug-likeness (QED) is 0.732. The second kappa shape index (κ2) is 5.20. The van der Waals surface area contributed by atoms with Crippen molar-refractivity contribution in [2.45, 2.75) is 17.4 Å². The summed E-state index contributed by atoms with van der Waals surface area (Å²) >= 11 is 0. The molecule has 0 fully saturated rings. The molecule has 0 saturated carbocycles. The third-order valence-corrected chi connectivity index (χ3v) is 5.68. The molecule has 0 aliphatic carbocycles. The standard InChI is InChI=1S/C11H16N2O4S2/c12-19(16,17)7-3-6-13-10-8-18(14,15)11-5-2-1-4-9(10)11/h1-2,4-5,10,13H,3,6-8H2,(H2,12,16,17). The highest BCUT2D eigenvalue weighted by atomic mass is 32.2. The summed E-state index contributed by atoms with van der Waals surface area (Å²) in [5.74, 6) is -0.0944. The molecule has 19 heavy (non-hydrogen) atoms. The van der Waals surface area contributed by atoms with Crippen LogP contribution < -0.4 is 10.5 Å². The van der Waals surface area contributed by atoms with Crippen molar-refractivity contribution in [2.24, 2.45) is 5.14 Å². The minimum absolute atomic E-state index is 0.0156. The van der Waals surface area contributed by atoms with Crippen LogP contribution in [0, 0.1) is 0 Å². The predicted octanol–water partition coefficient (Wildman–Crippen LogP) is -0.217. The van der Waals surface area contributed by atoms with Gasteiger partial charge < -0.3 is 5.32 Å². The number of hydrogen-bond acceptors (Lipinski definition) is 5. The zero-order valence-corrected chi connectivity index (χ0v) is 11.9. The van der Waals surface area contributed by atoms with Gasteiger partial charge in [-0.3, -0.25) is 0 Å². The molecule has 0 bridgehead atoms. The van der Waals surface area contributed by atoms with Crippen LogP contribution in [-0.2, 0) is 19.9 Å². The summed E-state index contributed by atoms with van der Waals surface area (Å²) in [5.41, 5.74) is 0.748. The Morgan fingerprint density at radius 3 is 2.68 bits per heavy atom. The fourth-order valence-electron chi connectivity index (χ4n) is 2.17. The van der Waals surface area contributed by atoms with E-state index in [1.54, 1.807) is 24.3 Å². The van der Waals surface area contributed by atoms with Crippen molar-refractivity contribution in [1.82, 2.24) is 5.32 Å². The summed E-state index contributed by atoms with van der Waals surface area (Å²) in [6.07, 6.45) is 0.359. The van der Waals surface area contributed by atoms with Gasteiger partial charge in [0.25, 0.3) is 0 Å². The summed E-state index contributed by atoms with van der Waals surface area (Å²) in [7, 11) is -6.69. The van der Waals surface area contributed by atoms with Gasteiger partial charge >= 0.3 is 0 Å². The van der Waals surface area contributed by atoms with E-state index in [-0.39, 0.29) is 17.5 Å². The number of primary sulfonamides is 1. The molecule has 0 amide bonds. The van der Waals surface area contributed by atoms with Gasteiger partial charge in [0.15, 0.2) is 9.84 Å². The van der Waals surface area contributed by atoms with Crippen molar-refractivity contribution in [3.63, 3.8) is 0 Å². The number of nitrogens with one attached hydrogen (secondary N) is 1.